The van der Waals surface area contributed by atoms with Gasteiger partial charge >= 0.3 is 0 Å². The standard InChI is InChI=1S/C20H21N3O3S/c1-15-6-7-16(2)19(12-15)27(25,26)23-10-8-22(9-11-23)20(24)18-5-3-4-17(13-18)14-21/h3-7,12-13H,8-11H2,1-2H3. The Kier molecular flexibility index (Phi) is 5.31. The van der Waals surface area contributed by atoms with Crippen LogP contribution < -0.4 is 0 Å². The number of hydrogen-bond acceptors (Lipinski definition) is 4. The predicted octanol–water partition coefficient (Wildman–Crippen LogP) is 2.32. The van der Waals surface area contributed by atoms with Crippen LogP contribution in [0.4, 0.5) is 0 Å². The zero-order valence-corrected chi connectivity index (χ0v) is 16.2. The summed E-state index contributed by atoms with van der Waals surface area (Å²) >= 11 is 0. The van der Waals surface area contributed by atoms with Gasteiger partial charge in [0, 0.05) is 31.7 Å². The van der Waals surface area contributed by atoms with Crippen molar-refractivity contribution in [3.63, 3.8) is 0 Å². The Balaban J connectivity index is 1.74. The molecule has 2 aromatic rings. The van der Waals surface area contributed by atoms with Crippen LogP contribution in [0.25, 0.3) is 0 Å². The number of nitriles is 1. The van der Waals surface area contributed by atoms with Crippen LogP contribution in [0.15, 0.2) is 47.4 Å². The summed E-state index contributed by atoms with van der Waals surface area (Å²) in [5, 5.41) is 8.98. The molecular weight excluding hydrogens is 362 g/mol. The maximum atomic E-state index is 13.0. The summed E-state index contributed by atoms with van der Waals surface area (Å²) in [5.74, 6) is -0.184. The minimum absolute atomic E-state index is 0.184. The summed E-state index contributed by atoms with van der Waals surface area (Å²) in [7, 11) is -3.59. The van der Waals surface area contributed by atoms with Crippen molar-refractivity contribution in [3.05, 3.63) is 64.7 Å². The number of sulfonamides is 1. The Labute approximate surface area is 159 Å². The van der Waals surface area contributed by atoms with Crippen LogP contribution in [-0.4, -0.2) is 49.7 Å². The van der Waals surface area contributed by atoms with Crippen molar-refractivity contribution in [2.24, 2.45) is 0 Å². The van der Waals surface area contributed by atoms with Crippen LogP contribution in [0.5, 0.6) is 0 Å². The minimum Gasteiger partial charge on any atom is -0.336 e. The van der Waals surface area contributed by atoms with Crippen molar-refractivity contribution in [1.29, 1.82) is 5.26 Å². The molecule has 140 valence electrons. The Bertz CT molecular complexity index is 1020. The Morgan fingerprint density at radius 3 is 2.41 bits per heavy atom. The van der Waals surface area contributed by atoms with E-state index in [1.165, 1.54) is 4.31 Å². The highest BCUT2D eigenvalue weighted by molar-refractivity contribution is 7.89. The third-order valence-electron chi connectivity index (χ3n) is 4.73. The molecule has 1 amide bonds. The second-order valence-corrected chi connectivity index (χ2v) is 8.56. The largest absolute Gasteiger partial charge is 0.336 e. The highest BCUT2D eigenvalue weighted by Crippen LogP contribution is 2.23. The smallest absolute Gasteiger partial charge is 0.253 e. The molecule has 0 unspecified atom stereocenters. The van der Waals surface area contributed by atoms with E-state index in [2.05, 4.69) is 0 Å². The van der Waals surface area contributed by atoms with Crippen molar-refractivity contribution >= 4 is 15.9 Å². The van der Waals surface area contributed by atoms with Crippen LogP contribution in [0.3, 0.4) is 0 Å². The molecule has 0 radical (unpaired) electrons. The van der Waals surface area contributed by atoms with E-state index in [4.69, 9.17) is 5.26 Å². The molecule has 0 bridgehead atoms. The van der Waals surface area contributed by atoms with Crippen molar-refractivity contribution in [3.8, 4) is 6.07 Å². The number of nitrogens with zero attached hydrogens (tertiary/aromatic N) is 3. The average Bonchev–Trinajstić information content (AvgIpc) is 2.69. The topological polar surface area (TPSA) is 81.5 Å². The molecule has 0 aromatic heterocycles. The van der Waals surface area contributed by atoms with Gasteiger partial charge < -0.3 is 4.90 Å². The normalized spacial score (nSPS) is 15.4. The second-order valence-electron chi connectivity index (χ2n) is 6.66. The van der Waals surface area contributed by atoms with Crippen molar-refractivity contribution < 1.29 is 13.2 Å². The molecule has 1 saturated heterocycles. The van der Waals surface area contributed by atoms with Gasteiger partial charge in [0.2, 0.25) is 10.0 Å². The molecule has 0 N–H and O–H groups in total. The van der Waals surface area contributed by atoms with E-state index in [0.717, 1.165) is 5.56 Å². The molecule has 1 fully saturated rings. The summed E-state index contributed by atoms with van der Waals surface area (Å²) in [6.07, 6.45) is 0. The van der Waals surface area contributed by atoms with E-state index in [9.17, 15) is 13.2 Å². The lowest BCUT2D eigenvalue weighted by atomic mass is 10.1. The van der Waals surface area contributed by atoms with Crippen molar-refractivity contribution in [1.82, 2.24) is 9.21 Å². The molecular formula is C20H21N3O3S. The first-order chi connectivity index (χ1) is 12.8. The third kappa shape index (κ3) is 3.87. The molecule has 0 saturated carbocycles. The maximum absolute atomic E-state index is 13.0. The van der Waals surface area contributed by atoms with Crippen LogP contribution >= 0.6 is 0 Å². The third-order valence-corrected chi connectivity index (χ3v) is 6.77. The van der Waals surface area contributed by atoms with E-state index < -0.39 is 10.0 Å². The van der Waals surface area contributed by atoms with Gasteiger partial charge in [-0.2, -0.15) is 9.57 Å². The lowest BCUT2D eigenvalue weighted by Gasteiger charge is -2.34. The van der Waals surface area contributed by atoms with Gasteiger partial charge in [0.05, 0.1) is 16.5 Å². The number of benzene rings is 2. The fourth-order valence-corrected chi connectivity index (χ4v) is 4.89. The lowest BCUT2D eigenvalue weighted by Crippen LogP contribution is -2.50. The maximum Gasteiger partial charge on any atom is 0.253 e. The summed E-state index contributed by atoms with van der Waals surface area (Å²) < 4.78 is 27.4. The summed E-state index contributed by atoms with van der Waals surface area (Å²) in [4.78, 5) is 14.6. The van der Waals surface area contributed by atoms with E-state index in [-0.39, 0.29) is 19.0 Å². The number of rotatable bonds is 3. The molecule has 2 aromatic carbocycles. The molecule has 6 nitrogen and oxygen atoms in total. The molecule has 1 aliphatic rings. The summed E-state index contributed by atoms with van der Waals surface area (Å²) in [6.45, 7) is 4.79. The fourth-order valence-electron chi connectivity index (χ4n) is 3.16. The zero-order chi connectivity index (χ0) is 19.6. The molecule has 7 heteroatoms. The predicted molar refractivity (Wildman–Crippen MR) is 102 cm³/mol. The minimum atomic E-state index is -3.59. The van der Waals surface area contributed by atoms with Gasteiger partial charge in [0.25, 0.3) is 5.91 Å². The van der Waals surface area contributed by atoms with Gasteiger partial charge in [-0.05, 0) is 49.2 Å². The number of carbonyl (C=O) groups excluding carboxylic acids is 1. The van der Waals surface area contributed by atoms with E-state index >= 15 is 0 Å². The number of hydrogen-bond donors (Lipinski definition) is 0. The monoisotopic (exact) mass is 383 g/mol. The zero-order valence-electron chi connectivity index (χ0n) is 15.3. The highest BCUT2D eigenvalue weighted by atomic mass is 32.2. The number of piperazine rings is 1. The number of amides is 1. The quantitative estimate of drug-likeness (QED) is 0.815. The van der Waals surface area contributed by atoms with Crippen LogP contribution in [0.1, 0.15) is 27.0 Å². The molecule has 1 aliphatic heterocycles. The van der Waals surface area contributed by atoms with Crippen LogP contribution in [0, 0.1) is 25.2 Å². The van der Waals surface area contributed by atoms with E-state index in [0.29, 0.717) is 34.7 Å². The SMILES string of the molecule is Cc1ccc(C)c(S(=O)(=O)N2CCN(C(=O)c3cccc(C#N)c3)CC2)c1. The Morgan fingerprint density at radius 2 is 1.74 bits per heavy atom. The molecule has 0 spiro atoms. The average molecular weight is 383 g/mol. The molecule has 0 aliphatic carbocycles. The Morgan fingerprint density at radius 1 is 1.04 bits per heavy atom. The number of aryl methyl sites for hydroxylation is 2. The van der Waals surface area contributed by atoms with Gasteiger partial charge in [0.1, 0.15) is 0 Å². The van der Waals surface area contributed by atoms with Gasteiger partial charge in [-0.3, -0.25) is 4.79 Å². The van der Waals surface area contributed by atoms with Crippen molar-refractivity contribution in [2.75, 3.05) is 26.2 Å². The van der Waals surface area contributed by atoms with Crippen LogP contribution in [0.2, 0.25) is 0 Å². The fraction of sp³-hybridized carbons (Fsp3) is 0.300. The first kappa shape index (κ1) is 19.1. The van der Waals surface area contributed by atoms with Gasteiger partial charge in [0.15, 0.2) is 0 Å². The Hall–Kier alpha value is -2.69. The first-order valence-corrected chi connectivity index (χ1v) is 10.1. The lowest BCUT2D eigenvalue weighted by molar-refractivity contribution is 0.0698. The molecule has 27 heavy (non-hydrogen) atoms. The highest BCUT2D eigenvalue weighted by Gasteiger charge is 2.31. The number of carbonyl (C=O) groups is 1. The van der Waals surface area contributed by atoms with E-state index in [1.54, 1.807) is 42.2 Å². The molecule has 1 heterocycles. The van der Waals surface area contributed by atoms with Crippen LogP contribution in [-0.2, 0) is 10.0 Å². The summed E-state index contributed by atoms with van der Waals surface area (Å²) in [5.41, 5.74) is 2.48. The van der Waals surface area contributed by atoms with Gasteiger partial charge in [-0.1, -0.05) is 18.2 Å². The van der Waals surface area contributed by atoms with E-state index in [1.807, 2.05) is 25.1 Å². The van der Waals surface area contributed by atoms with Gasteiger partial charge in [-0.15, -0.1) is 0 Å². The summed E-state index contributed by atoms with van der Waals surface area (Å²) in [6, 6.07) is 14.0. The second kappa shape index (κ2) is 7.51. The first-order valence-electron chi connectivity index (χ1n) is 8.70. The van der Waals surface area contributed by atoms with Gasteiger partial charge in [-0.25, -0.2) is 8.42 Å². The van der Waals surface area contributed by atoms with Crippen molar-refractivity contribution in [2.45, 2.75) is 18.7 Å². The molecule has 0 atom stereocenters. The molecule has 3 rings (SSSR count).